The first-order chi connectivity index (χ1) is 6.86. The first-order valence-electron chi connectivity index (χ1n) is 4.90. The van der Waals surface area contributed by atoms with Crippen molar-refractivity contribution in [3.63, 3.8) is 0 Å². The van der Waals surface area contributed by atoms with Crippen molar-refractivity contribution in [3.8, 4) is 0 Å². The van der Waals surface area contributed by atoms with Gasteiger partial charge in [0.25, 0.3) is 0 Å². The van der Waals surface area contributed by atoms with Crippen LogP contribution in [0.4, 0.5) is 0 Å². The van der Waals surface area contributed by atoms with Crippen molar-refractivity contribution in [1.29, 1.82) is 0 Å². The van der Waals surface area contributed by atoms with E-state index in [9.17, 15) is 0 Å². The molecule has 0 amide bonds. The third-order valence-corrected chi connectivity index (χ3v) is 2.75. The molecule has 0 aromatic heterocycles. The molecule has 72 valence electrons. The van der Waals surface area contributed by atoms with Crippen LogP contribution in [0.3, 0.4) is 0 Å². The molecule has 1 nitrogen and oxygen atoms in total. The summed E-state index contributed by atoms with van der Waals surface area (Å²) >= 11 is 5.25. The molecule has 2 rings (SSSR count). The topological polar surface area (TPSA) is 12.0 Å². The molecule has 1 aromatic rings. The molecule has 1 heterocycles. The van der Waals surface area contributed by atoms with Gasteiger partial charge in [0.15, 0.2) is 0 Å². The van der Waals surface area contributed by atoms with E-state index in [1.165, 1.54) is 17.6 Å². The summed E-state index contributed by atoms with van der Waals surface area (Å²) < 4.78 is 0. The summed E-state index contributed by atoms with van der Waals surface area (Å²) in [6, 6.07) is 10.3. The highest BCUT2D eigenvalue weighted by Crippen LogP contribution is 2.15. The summed E-state index contributed by atoms with van der Waals surface area (Å²) in [7, 11) is 0. The van der Waals surface area contributed by atoms with Crippen LogP contribution in [-0.4, -0.2) is 11.5 Å². The van der Waals surface area contributed by atoms with Gasteiger partial charge in [0.2, 0.25) is 0 Å². The summed E-state index contributed by atoms with van der Waals surface area (Å²) in [4.78, 5) is 0.917. The Labute approximate surface area is 89.8 Å². The molecular weight excluding hydrogens is 190 g/mol. The second-order valence-electron chi connectivity index (χ2n) is 3.44. The predicted octanol–water partition coefficient (Wildman–Crippen LogP) is 2.78. The minimum absolute atomic E-state index is 0.917. The first-order valence-corrected chi connectivity index (χ1v) is 5.31. The molecule has 0 aliphatic carbocycles. The van der Waals surface area contributed by atoms with Crippen LogP contribution in [0.2, 0.25) is 0 Å². The maximum atomic E-state index is 5.25. The Balaban J connectivity index is 2.21. The molecule has 0 saturated carbocycles. The highest BCUT2D eigenvalue weighted by molar-refractivity contribution is 7.80. The largest absolute Gasteiger partial charge is 0.376 e. The van der Waals surface area contributed by atoms with E-state index in [-0.39, 0.29) is 0 Å². The number of nitrogens with one attached hydrogen (secondary N) is 1. The van der Waals surface area contributed by atoms with E-state index < -0.39 is 0 Å². The lowest BCUT2D eigenvalue weighted by atomic mass is 10.0. The summed E-state index contributed by atoms with van der Waals surface area (Å²) in [6.07, 6.45) is 4.45. The minimum Gasteiger partial charge on any atom is -0.376 e. The first kappa shape index (κ1) is 9.41. The van der Waals surface area contributed by atoms with Crippen molar-refractivity contribution >= 4 is 23.3 Å². The van der Waals surface area contributed by atoms with Crippen molar-refractivity contribution in [1.82, 2.24) is 5.32 Å². The van der Waals surface area contributed by atoms with Crippen molar-refractivity contribution < 1.29 is 0 Å². The van der Waals surface area contributed by atoms with Crippen molar-refractivity contribution in [3.05, 3.63) is 41.5 Å². The normalized spacial score (nSPS) is 19.4. The van der Waals surface area contributed by atoms with Crippen LogP contribution >= 0.6 is 12.2 Å². The summed E-state index contributed by atoms with van der Waals surface area (Å²) in [5.41, 5.74) is 2.49. The van der Waals surface area contributed by atoms with Gasteiger partial charge in [0.05, 0.1) is 0 Å². The number of hydrogen-bond donors (Lipinski definition) is 1. The van der Waals surface area contributed by atoms with Gasteiger partial charge in [-0.3, -0.25) is 0 Å². The van der Waals surface area contributed by atoms with E-state index in [1.54, 1.807) is 0 Å². The molecule has 1 aliphatic rings. The van der Waals surface area contributed by atoms with Crippen LogP contribution in [0, 0.1) is 0 Å². The Kier molecular flexibility index (Phi) is 2.94. The number of rotatable bonds is 1. The van der Waals surface area contributed by atoms with Gasteiger partial charge in [-0.05, 0) is 30.1 Å². The molecular formula is C12H13NS. The van der Waals surface area contributed by atoms with Gasteiger partial charge in [-0.25, -0.2) is 0 Å². The Bertz CT molecular complexity index is 354. The average Bonchev–Trinajstić information content (AvgIpc) is 2.23. The summed E-state index contributed by atoms with van der Waals surface area (Å²) in [5.74, 6) is 0. The van der Waals surface area contributed by atoms with Gasteiger partial charge in [0.1, 0.15) is 4.99 Å². The number of thiocarbonyl (C=S) groups is 1. The fraction of sp³-hybridized carbons (Fsp3) is 0.250. The number of piperidine rings is 1. The van der Waals surface area contributed by atoms with Gasteiger partial charge >= 0.3 is 0 Å². The van der Waals surface area contributed by atoms with E-state index in [4.69, 9.17) is 12.2 Å². The lowest BCUT2D eigenvalue weighted by Gasteiger charge is -2.17. The van der Waals surface area contributed by atoms with Crippen molar-refractivity contribution in [2.75, 3.05) is 6.54 Å². The van der Waals surface area contributed by atoms with Gasteiger partial charge in [-0.15, -0.1) is 0 Å². The lowest BCUT2D eigenvalue weighted by Crippen LogP contribution is -2.29. The van der Waals surface area contributed by atoms with Crippen LogP contribution in [-0.2, 0) is 0 Å². The van der Waals surface area contributed by atoms with E-state index >= 15 is 0 Å². The van der Waals surface area contributed by atoms with Crippen LogP contribution in [0.5, 0.6) is 0 Å². The molecule has 0 bridgehead atoms. The molecule has 1 aromatic carbocycles. The second kappa shape index (κ2) is 4.38. The quantitative estimate of drug-likeness (QED) is 0.556. The van der Waals surface area contributed by atoms with Crippen LogP contribution < -0.4 is 5.32 Å². The van der Waals surface area contributed by atoms with Crippen molar-refractivity contribution in [2.24, 2.45) is 0 Å². The van der Waals surface area contributed by atoms with Gasteiger partial charge in [-0.1, -0.05) is 42.5 Å². The van der Waals surface area contributed by atoms with E-state index in [1.807, 2.05) is 18.2 Å². The van der Waals surface area contributed by atoms with Crippen molar-refractivity contribution in [2.45, 2.75) is 12.8 Å². The molecule has 0 unspecified atom stereocenters. The Morgan fingerprint density at radius 3 is 2.71 bits per heavy atom. The fourth-order valence-electron chi connectivity index (χ4n) is 1.60. The average molecular weight is 203 g/mol. The number of benzene rings is 1. The maximum Gasteiger partial charge on any atom is 0.102 e. The Morgan fingerprint density at radius 1 is 1.21 bits per heavy atom. The highest BCUT2D eigenvalue weighted by atomic mass is 32.1. The third-order valence-electron chi connectivity index (χ3n) is 2.34. The lowest BCUT2D eigenvalue weighted by molar-refractivity contribution is 0.749. The fourth-order valence-corrected chi connectivity index (χ4v) is 1.86. The standard InChI is InChI=1S/C12H13NS/c14-12-11(7-4-8-13-12)9-10-5-2-1-3-6-10/h1-3,5-6,9H,4,7-8H2,(H,13,14)/b11-9+. The van der Waals surface area contributed by atoms with Gasteiger partial charge < -0.3 is 5.32 Å². The molecule has 1 N–H and O–H groups in total. The second-order valence-corrected chi connectivity index (χ2v) is 3.85. The Hall–Kier alpha value is -1.15. The third kappa shape index (κ3) is 2.20. The molecule has 1 saturated heterocycles. The molecule has 14 heavy (non-hydrogen) atoms. The van der Waals surface area contributed by atoms with E-state index in [2.05, 4.69) is 23.5 Å². The zero-order valence-electron chi connectivity index (χ0n) is 7.99. The zero-order chi connectivity index (χ0) is 9.80. The van der Waals surface area contributed by atoms with E-state index in [0.29, 0.717) is 0 Å². The molecule has 1 fully saturated rings. The minimum atomic E-state index is 0.917. The SMILES string of the molecule is S=C1NCCC/C1=C\c1ccccc1. The zero-order valence-corrected chi connectivity index (χ0v) is 8.81. The molecule has 2 heteroatoms. The summed E-state index contributed by atoms with van der Waals surface area (Å²) in [6.45, 7) is 1.02. The molecule has 0 radical (unpaired) electrons. The number of hydrogen-bond acceptors (Lipinski definition) is 1. The smallest absolute Gasteiger partial charge is 0.102 e. The molecule has 0 atom stereocenters. The molecule has 0 spiro atoms. The van der Waals surface area contributed by atoms with E-state index in [0.717, 1.165) is 18.0 Å². The van der Waals surface area contributed by atoms with Crippen LogP contribution in [0.15, 0.2) is 35.9 Å². The maximum absolute atomic E-state index is 5.25. The molecule has 1 aliphatic heterocycles. The highest BCUT2D eigenvalue weighted by Gasteiger charge is 2.09. The van der Waals surface area contributed by atoms with Gasteiger partial charge in [0, 0.05) is 6.54 Å². The Morgan fingerprint density at radius 2 is 2.00 bits per heavy atom. The van der Waals surface area contributed by atoms with Gasteiger partial charge in [-0.2, -0.15) is 0 Å². The van der Waals surface area contributed by atoms with Crippen LogP contribution in [0.25, 0.3) is 6.08 Å². The summed E-state index contributed by atoms with van der Waals surface area (Å²) in [5, 5.41) is 3.22. The predicted molar refractivity (Wildman–Crippen MR) is 64.3 cm³/mol. The van der Waals surface area contributed by atoms with Crippen LogP contribution in [0.1, 0.15) is 18.4 Å². The monoisotopic (exact) mass is 203 g/mol.